The molecule has 20 heavy (non-hydrogen) atoms. The van der Waals surface area contributed by atoms with Crippen molar-refractivity contribution in [3.63, 3.8) is 0 Å². The molecule has 0 fully saturated rings. The highest BCUT2D eigenvalue weighted by atomic mass is 32.2. The molecular formula is C14H17N3O2S. The van der Waals surface area contributed by atoms with Crippen LogP contribution in [-0.4, -0.2) is 29.6 Å². The number of aromatic nitrogens is 3. The van der Waals surface area contributed by atoms with Crippen LogP contribution in [0.3, 0.4) is 0 Å². The normalized spacial score (nSPS) is 11.6. The molecule has 0 unspecified atom stereocenters. The standard InChI is InChI=1S/C14H17N3O2S/c1-4-6-13-16-12(9-14(17-13)20(3,18)19)11-8-5-7-10(2)15-11/h5,7-9H,4,6H2,1-3H3. The van der Waals surface area contributed by atoms with Gasteiger partial charge in [0.1, 0.15) is 5.82 Å². The number of hydrogen-bond acceptors (Lipinski definition) is 5. The highest BCUT2D eigenvalue weighted by Gasteiger charge is 2.14. The predicted octanol–water partition coefficient (Wildman–Crippen LogP) is 2.20. The van der Waals surface area contributed by atoms with E-state index in [1.165, 1.54) is 6.07 Å². The van der Waals surface area contributed by atoms with Gasteiger partial charge in [0.25, 0.3) is 0 Å². The lowest BCUT2D eigenvalue weighted by Crippen LogP contribution is -2.07. The molecule has 0 radical (unpaired) electrons. The van der Waals surface area contributed by atoms with Crippen LogP contribution in [0.4, 0.5) is 0 Å². The summed E-state index contributed by atoms with van der Waals surface area (Å²) < 4.78 is 23.5. The van der Waals surface area contributed by atoms with Crippen molar-refractivity contribution in [2.24, 2.45) is 0 Å². The van der Waals surface area contributed by atoms with Crippen LogP contribution >= 0.6 is 0 Å². The fraction of sp³-hybridized carbons (Fsp3) is 0.357. The van der Waals surface area contributed by atoms with E-state index in [1.54, 1.807) is 0 Å². The topological polar surface area (TPSA) is 72.8 Å². The van der Waals surface area contributed by atoms with E-state index in [4.69, 9.17) is 0 Å². The molecule has 0 atom stereocenters. The van der Waals surface area contributed by atoms with Crippen LogP contribution in [0.1, 0.15) is 24.9 Å². The van der Waals surface area contributed by atoms with E-state index in [-0.39, 0.29) is 5.03 Å². The van der Waals surface area contributed by atoms with Gasteiger partial charge in [0.15, 0.2) is 14.9 Å². The summed E-state index contributed by atoms with van der Waals surface area (Å²) in [6.45, 7) is 3.89. The van der Waals surface area contributed by atoms with Crippen molar-refractivity contribution in [3.8, 4) is 11.4 Å². The summed E-state index contributed by atoms with van der Waals surface area (Å²) in [5.74, 6) is 0.536. The molecule has 0 N–H and O–H groups in total. The Labute approximate surface area is 119 Å². The second kappa shape index (κ2) is 5.66. The van der Waals surface area contributed by atoms with Crippen LogP contribution in [0, 0.1) is 6.92 Å². The van der Waals surface area contributed by atoms with Crippen molar-refractivity contribution in [2.75, 3.05) is 6.26 Å². The van der Waals surface area contributed by atoms with E-state index in [2.05, 4.69) is 15.0 Å². The Hall–Kier alpha value is -1.82. The van der Waals surface area contributed by atoms with Crippen LogP contribution in [0.25, 0.3) is 11.4 Å². The fourth-order valence-electron chi connectivity index (χ4n) is 1.82. The Bertz CT molecular complexity index is 727. The molecule has 106 valence electrons. The maximum Gasteiger partial charge on any atom is 0.192 e. The van der Waals surface area contributed by atoms with Crippen LogP contribution in [0.2, 0.25) is 0 Å². The summed E-state index contributed by atoms with van der Waals surface area (Å²) in [5, 5.41) is 0.0502. The molecule has 2 rings (SSSR count). The zero-order valence-electron chi connectivity index (χ0n) is 11.8. The molecule has 0 saturated carbocycles. The molecule has 0 aliphatic heterocycles. The minimum Gasteiger partial charge on any atom is -0.251 e. The smallest absolute Gasteiger partial charge is 0.192 e. The number of nitrogens with zero attached hydrogens (tertiary/aromatic N) is 3. The van der Waals surface area contributed by atoms with Gasteiger partial charge in [-0.3, -0.25) is 4.98 Å². The molecule has 0 amide bonds. The molecule has 2 aromatic rings. The summed E-state index contributed by atoms with van der Waals surface area (Å²) in [4.78, 5) is 12.9. The van der Waals surface area contributed by atoms with Crippen molar-refractivity contribution in [1.82, 2.24) is 15.0 Å². The van der Waals surface area contributed by atoms with Gasteiger partial charge in [-0.05, 0) is 25.5 Å². The monoisotopic (exact) mass is 291 g/mol. The van der Waals surface area contributed by atoms with Crippen LogP contribution < -0.4 is 0 Å². The molecule has 0 aliphatic carbocycles. The molecule has 0 bridgehead atoms. The van der Waals surface area contributed by atoms with Gasteiger partial charge in [-0.2, -0.15) is 0 Å². The van der Waals surface area contributed by atoms with Gasteiger partial charge in [0, 0.05) is 24.4 Å². The number of rotatable bonds is 4. The van der Waals surface area contributed by atoms with Gasteiger partial charge in [-0.15, -0.1) is 0 Å². The van der Waals surface area contributed by atoms with E-state index in [0.717, 1.165) is 18.4 Å². The minimum atomic E-state index is -3.36. The Morgan fingerprint density at radius 2 is 1.85 bits per heavy atom. The van der Waals surface area contributed by atoms with Gasteiger partial charge in [0.2, 0.25) is 0 Å². The van der Waals surface area contributed by atoms with Crippen LogP contribution in [0.5, 0.6) is 0 Å². The Kier molecular flexibility index (Phi) is 4.13. The molecule has 5 nitrogen and oxygen atoms in total. The number of aryl methyl sites for hydroxylation is 2. The minimum absolute atomic E-state index is 0.0502. The first-order chi connectivity index (χ1) is 9.40. The molecule has 0 aromatic carbocycles. The van der Waals surface area contributed by atoms with E-state index in [1.807, 2.05) is 32.0 Å². The SMILES string of the molecule is CCCc1nc(-c2cccc(C)n2)cc(S(C)(=O)=O)n1. The number of sulfone groups is 1. The number of hydrogen-bond donors (Lipinski definition) is 0. The molecule has 2 heterocycles. The van der Waals surface area contributed by atoms with Crippen molar-refractivity contribution in [3.05, 3.63) is 35.8 Å². The molecule has 0 saturated heterocycles. The van der Waals surface area contributed by atoms with Crippen molar-refractivity contribution < 1.29 is 8.42 Å². The Balaban J connectivity index is 2.60. The van der Waals surface area contributed by atoms with Crippen molar-refractivity contribution in [2.45, 2.75) is 31.7 Å². The van der Waals surface area contributed by atoms with Crippen LogP contribution in [-0.2, 0) is 16.3 Å². The Morgan fingerprint density at radius 1 is 1.10 bits per heavy atom. The van der Waals surface area contributed by atoms with Gasteiger partial charge in [-0.1, -0.05) is 13.0 Å². The summed E-state index contributed by atoms with van der Waals surface area (Å²) in [6, 6.07) is 7.06. The number of pyridine rings is 1. The van der Waals surface area contributed by atoms with Gasteiger partial charge in [-0.25, -0.2) is 18.4 Å². The fourth-order valence-corrected chi connectivity index (χ4v) is 2.41. The maximum atomic E-state index is 11.7. The maximum absolute atomic E-state index is 11.7. The average Bonchev–Trinajstić information content (AvgIpc) is 2.38. The van der Waals surface area contributed by atoms with Gasteiger partial charge >= 0.3 is 0 Å². The second-order valence-corrected chi connectivity index (χ2v) is 6.66. The van der Waals surface area contributed by atoms with Crippen molar-refractivity contribution in [1.29, 1.82) is 0 Å². The van der Waals surface area contributed by atoms with E-state index >= 15 is 0 Å². The lowest BCUT2D eigenvalue weighted by Gasteiger charge is -2.07. The zero-order chi connectivity index (χ0) is 14.8. The zero-order valence-corrected chi connectivity index (χ0v) is 12.6. The summed E-state index contributed by atoms with van der Waals surface area (Å²) in [6.07, 6.45) is 2.65. The van der Waals surface area contributed by atoms with Crippen molar-refractivity contribution >= 4 is 9.84 Å². The van der Waals surface area contributed by atoms with E-state index < -0.39 is 9.84 Å². The highest BCUT2D eigenvalue weighted by molar-refractivity contribution is 7.90. The van der Waals surface area contributed by atoms with Crippen LogP contribution in [0.15, 0.2) is 29.3 Å². The van der Waals surface area contributed by atoms with Gasteiger partial charge < -0.3 is 0 Å². The van der Waals surface area contributed by atoms with Gasteiger partial charge in [0.05, 0.1) is 11.4 Å². The largest absolute Gasteiger partial charge is 0.251 e. The molecule has 0 aliphatic rings. The third kappa shape index (κ3) is 3.39. The van der Waals surface area contributed by atoms with E-state index in [0.29, 0.717) is 23.6 Å². The lowest BCUT2D eigenvalue weighted by atomic mass is 10.2. The first-order valence-electron chi connectivity index (χ1n) is 6.42. The van der Waals surface area contributed by atoms with E-state index in [9.17, 15) is 8.42 Å². The summed E-state index contributed by atoms with van der Waals surface area (Å²) in [7, 11) is -3.36. The molecular weight excluding hydrogens is 274 g/mol. The first kappa shape index (κ1) is 14.6. The second-order valence-electron chi connectivity index (χ2n) is 4.69. The first-order valence-corrected chi connectivity index (χ1v) is 8.31. The molecule has 6 heteroatoms. The third-order valence-electron chi connectivity index (χ3n) is 2.75. The predicted molar refractivity (Wildman–Crippen MR) is 77.1 cm³/mol. The summed E-state index contributed by atoms with van der Waals surface area (Å²) >= 11 is 0. The lowest BCUT2D eigenvalue weighted by molar-refractivity contribution is 0.596. The molecule has 0 spiro atoms. The quantitative estimate of drug-likeness (QED) is 0.807. The Morgan fingerprint density at radius 3 is 2.45 bits per heavy atom. The highest BCUT2D eigenvalue weighted by Crippen LogP contribution is 2.18. The summed E-state index contributed by atoms with van der Waals surface area (Å²) in [5.41, 5.74) is 2.07. The molecule has 2 aromatic heterocycles. The third-order valence-corrected chi connectivity index (χ3v) is 3.72. The average molecular weight is 291 g/mol.